The largest absolute Gasteiger partial charge is 0.464 e. The topological polar surface area (TPSA) is 78.9 Å². The van der Waals surface area contributed by atoms with Crippen LogP contribution in [0.15, 0.2) is 60.7 Å². The van der Waals surface area contributed by atoms with Crippen molar-refractivity contribution < 1.29 is 33.0 Å². The molecular weight excluding hydrogens is 379 g/mol. The summed E-state index contributed by atoms with van der Waals surface area (Å²) in [6.07, 6.45) is 0. The Morgan fingerprint density at radius 2 is 1.21 bits per heavy atom. The van der Waals surface area contributed by atoms with Crippen molar-refractivity contribution in [1.29, 1.82) is 0 Å². The number of carbonyl (C=O) groups is 3. The second-order valence-corrected chi connectivity index (χ2v) is 6.63. The van der Waals surface area contributed by atoms with Crippen LogP contribution in [0.25, 0.3) is 0 Å². The van der Waals surface area contributed by atoms with Crippen LogP contribution in [0.3, 0.4) is 0 Å². The molecule has 2 aromatic rings. The zero-order chi connectivity index (χ0) is 20.9. The molecule has 2 unspecified atom stereocenters. The van der Waals surface area contributed by atoms with Crippen LogP contribution in [0.5, 0.6) is 0 Å². The highest BCUT2D eigenvalue weighted by Crippen LogP contribution is 2.56. The fourth-order valence-corrected chi connectivity index (χ4v) is 3.11. The highest BCUT2D eigenvalue weighted by atomic mass is 19.1. The minimum absolute atomic E-state index is 0.0813. The molecule has 0 heterocycles. The van der Waals surface area contributed by atoms with Gasteiger partial charge in [-0.1, -0.05) is 60.7 Å². The van der Waals surface area contributed by atoms with Crippen molar-refractivity contribution in [3.8, 4) is 0 Å². The van der Waals surface area contributed by atoms with Crippen molar-refractivity contribution in [2.75, 3.05) is 6.61 Å². The second kappa shape index (κ2) is 8.86. The van der Waals surface area contributed by atoms with Gasteiger partial charge in [0.25, 0.3) is 0 Å². The molecule has 0 aromatic heterocycles. The Labute approximate surface area is 167 Å². The van der Waals surface area contributed by atoms with E-state index in [1.165, 1.54) is 6.92 Å². The van der Waals surface area contributed by atoms with E-state index >= 15 is 4.39 Å². The van der Waals surface area contributed by atoms with Crippen molar-refractivity contribution in [2.24, 2.45) is 11.8 Å². The number of ether oxygens (including phenoxy) is 3. The molecular formula is C22H21FO6. The SMILES string of the molecule is CCOC(=O)C1(F)C(C(=O)OCc2ccccc2)C1C(=O)OCc1ccccc1. The van der Waals surface area contributed by atoms with E-state index in [1.807, 2.05) is 0 Å². The molecule has 0 spiro atoms. The summed E-state index contributed by atoms with van der Waals surface area (Å²) in [7, 11) is 0. The lowest BCUT2D eigenvalue weighted by molar-refractivity contribution is -0.158. The van der Waals surface area contributed by atoms with Gasteiger partial charge in [-0.2, -0.15) is 0 Å². The number of benzene rings is 2. The van der Waals surface area contributed by atoms with Gasteiger partial charge in [0, 0.05) is 0 Å². The van der Waals surface area contributed by atoms with Gasteiger partial charge in [-0.25, -0.2) is 9.18 Å². The highest BCUT2D eigenvalue weighted by Gasteiger charge is 2.80. The number of esters is 3. The summed E-state index contributed by atoms with van der Waals surface area (Å²) >= 11 is 0. The maximum absolute atomic E-state index is 15.3. The molecule has 2 aromatic carbocycles. The summed E-state index contributed by atoms with van der Waals surface area (Å²) in [6, 6.07) is 17.6. The first kappa shape index (κ1) is 20.5. The summed E-state index contributed by atoms with van der Waals surface area (Å²) < 4.78 is 30.3. The summed E-state index contributed by atoms with van der Waals surface area (Å²) in [5.41, 5.74) is -1.38. The van der Waals surface area contributed by atoms with E-state index in [9.17, 15) is 14.4 Å². The van der Waals surface area contributed by atoms with Crippen LogP contribution in [0.4, 0.5) is 4.39 Å². The van der Waals surface area contributed by atoms with Crippen molar-refractivity contribution in [1.82, 2.24) is 0 Å². The van der Waals surface area contributed by atoms with E-state index in [4.69, 9.17) is 14.2 Å². The molecule has 0 aliphatic heterocycles. The first-order chi connectivity index (χ1) is 14.0. The highest BCUT2D eigenvalue weighted by molar-refractivity contribution is 6.03. The van der Waals surface area contributed by atoms with E-state index in [-0.39, 0.29) is 19.8 Å². The Morgan fingerprint density at radius 1 is 0.793 bits per heavy atom. The minimum atomic E-state index is -2.78. The summed E-state index contributed by atoms with van der Waals surface area (Å²) in [5, 5.41) is 0. The Balaban J connectivity index is 1.68. The van der Waals surface area contributed by atoms with Gasteiger partial charge >= 0.3 is 17.9 Å². The maximum Gasteiger partial charge on any atom is 0.345 e. The molecule has 7 heteroatoms. The van der Waals surface area contributed by atoms with Crippen LogP contribution in [0.2, 0.25) is 0 Å². The van der Waals surface area contributed by atoms with E-state index in [0.717, 1.165) is 0 Å². The first-order valence-corrected chi connectivity index (χ1v) is 9.25. The van der Waals surface area contributed by atoms with Gasteiger partial charge in [0.15, 0.2) is 0 Å². The maximum atomic E-state index is 15.3. The third-order valence-corrected chi connectivity index (χ3v) is 4.67. The lowest BCUT2D eigenvalue weighted by Crippen LogP contribution is -2.28. The fraction of sp³-hybridized carbons (Fsp3) is 0.318. The molecule has 0 bridgehead atoms. The quantitative estimate of drug-likeness (QED) is 0.501. The molecule has 0 N–H and O–H groups in total. The fourth-order valence-electron chi connectivity index (χ4n) is 3.11. The Bertz CT molecular complexity index is 806. The molecule has 0 amide bonds. The predicted molar refractivity (Wildman–Crippen MR) is 99.9 cm³/mol. The number of carbonyl (C=O) groups excluding carboxylic acids is 3. The molecule has 0 radical (unpaired) electrons. The molecule has 1 fully saturated rings. The van der Waals surface area contributed by atoms with Crippen molar-refractivity contribution in [2.45, 2.75) is 25.8 Å². The van der Waals surface area contributed by atoms with Gasteiger partial charge in [-0.3, -0.25) is 9.59 Å². The summed E-state index contributed by atoms with van der Waals surface area (Å²) in [6.45, 7) is 1.24. The van der Waals surface area contributed by atoms with E-state index in [0.29, 0.717) is 11.1 Å². The molecule has 1 aliphatic rings. The summed E-state index contributed by atoms with van der Waals surface area (Å²) in [5.74, 6) is -6.40. The monoisotopic (exact) mass is 400 g/mol. The van der Waals surface area contributed by atoms with Crippen LogP contribution in [-0.2, 0) is 41.8 Å². The molecule has 3 rings (SSSR count). The van der Waals surface area contributed by atoms with Crippen molar-refractivity contribution in [3.05, 3.63) is 71.8 Å². The molecule has 2 atom stereocenters. The third kappa shape index (κ3) is 4.45. The van der Waals surface area contributed by atoms with Crippen LogP contribution >= 0.6 is 0 Å². The van der Waals surface area contributed by atoms with Gasteiger partial charge < -0.3 is 14.2 Å². The number of hydrogen-bond acceptors (Lipinski definition) is 6. The zero-order valence-corrected chi connectivity index (χ0v) is 15.9. The third-order valence-electron chi connectivity index (χ3n) is 4.67. The van der Waals surface area contributed by atoms with Crippen molar-refractivity contribution >= 4 is 17.9 Å². The standard InChI is InChI=1S/C22H21FO6/c1-2-27-21(26)22(23)17(19(24)28-13-15-9-5-3-6-10-15)18(22)20(25)29-14-16-11-7-4-8-12-16/h3-12,17-18H,2,13-14H2,1H3. The van der Waals surface area contributed by atoms with Crippen LogP contribution < -0.4 is 0 Å². The van der Waals surface area contributed by atoms with E-state index < -0.39 is 35.4 Å². The number of alkyl halides is 1. The van der Waals surface area contributed by atoms with Gasteiger partial charge in [-0.05, 0) is 18.1 Å². The smallest absolute Gasteiger partial charge is 0.345 e. The van der Waals surface area contributed by atoms with Gasteiger partial charge in [0.2, 0.25) is 5.67 Å². The second-order valence-electron chi connectivity index (χ2n) is 6.63. The normalized spacial score (nSPS) is 22.4. The van der Waals surface area contributed by atoms with Crippen molar-refractivity contribution in [3.63, 3.8) is 0 Å². The lowest BCUT2D eigenvalue weighted by atomic mass is 10.2. The first-order valence-electron chi connectivity index (χ1n) is 9.25. The molecule has 0 saturated heterocycles. The Kier molecular flexibility index (Phi) is 6.26. The number of rotatable bonds is 8. The molecule has 152 valence electrons. The van der Waals surface area contributed by atoms with E-state index in [2.05, 4.69) is 0 Å². The van der Waals surface area contributed by atoms with Gasteiger partial charge in [0.05, 0.1) is 6.61 Å². The van der Waals surface area contributed by atoms with Crippen LogP contribution in [-0.4, -0.2) is 30.2 Å². The summed E-state index contributed by atoms with van der Waals surface area (Å²) in [4.78, 5) is 36.9. The van der Waals surface area contributed by atoms with Crippen LogP contribution in [0.1, 0.15) is 18.1 Å². The average molecular weight is 400 g/mol. The zero-order valence-electron chi connectivity index (χ0n) is 15.9. The Morgan fingerprint density at radius 3 is 1.59 bits per heavy atom. The van der Waals surface area contributed by atoms with Gasteiger partial charge in [-0.15, -0.1) is 0 Å². The molecule has 29 heavy (non-hydrogen) atoms. The predicted octanol–water partition coefficient (Wildman–Crippen LogP) is 2.99. The molecule has 1 saturated carbocycles. The van der Waals surface area contributed by atoms with Gasteiger partial charge in [0.1, 0.15) is 25.0 Å². The lowest BCUT2D eigenvalue weighted by Gasteiger charge is -2.08. The molecule has 6 nitrogen and oxygen atoms in total. The number of halogens is 1. The Hall–Kier alpha value is -3.22. The number of hydrogen-bond donors (Lipinski definition) is 0. The minimum Gasteiger partial charge on any atom is -0.464 e. The van der Waals surface area contributed by atoms with E-state index in [1.54, 1.807) is 60.7 Å². The van der Waals surface area contributed by atoms with Crippen LogP contribution in [0, 0.1) is 11.8 Å². The average Bonchev–Trinajstić information content (AvgIpc) is 3.39. The molecule has 1 aliphatic carbocycles.